The van der Waals surface area contributed by atoms with Gasteiger partial charge in [-0.05, 0) is 94.8 Å². The second-order valence-electron chi connectivity index (χ2n) is 15.5. The standard InChI is InChI=1S/C21H14N2O.C18H20BNO3.C9H6ClN.CH4/c1-13-9-10-17-16-7-4-8-18(20(16)24-21(17)23-13)19-15-6-3-2-5-14(15)11-12-22-19;1-11-9-10-13-12-7-6-8-14(15(12)21-16(13)20-11)19-22-17(2,3)18(4,5)23-19;10-9-8-4-2-1-3-7(8)5-6-11-9;/h2-12H,1H3;6-10H,1-5H3;1-6H;1H4. The summed E-state index contributed by atoms with van der Waals surface area (Å²) in [5.74, 6) is 0. The van der Waals surface area contributed by atoms with E-state index in [2.05, 4.69) is 90.1 Å². The number of furan rings is 2. The summed E-state index contributed by atoms with van der Waals surface area (Å²) in [7, 11) is -0.439. The molecule has 59 heavy (non-hydrogen) atoms. The van der Waals surface area contributed by atoms with Gasteiger partial charge in [0.2, 0.25) is 11.4 Å². The monoisotopic (exact) mass is 798 g/mol. The van der Waals surface area contributed by atoms with Gasteiger partial charge in [0.15, 0.2) is 0 Å². The van der Waals surface area contributed by atoms with Crippen LogP contribution in [-0.4, -0.2) is 38.3 Å². The number of hydrogen-bond donors (Lipinski definition) is 0. The van der Waals surface area contributed by atoms with Gasteiger partial charge in [0.1, 0.15) is 16.3 Å². The van der Waals surface area contributed by atoms with E-state index in [1.807, 2.05) is 98.9 Å². The van der Waals surface area contributed by atoms with Gasteiger partial charge in [0, 0.05) is 67.1 Å². The molecule has 10 aromatic rings. The number of para-hydroxylation sites is 2. The molecule has 0 atom stereocenters. The highest BCUT2D eigenvalue weighted by Crippen LogP contribution is 2.39. The molecule has 8 nitrogen and oxygen atoms in total. The maximum absolute atomic E-state index is 6.18. The average molecular weight is 799 g/mol. The van der Waals surface area contributed by atoms with Crippen molar-refractivity contribution < 1.29 is 18.1 Å². The molecule has 0 spiro atoms. The van der Waals surface area contributed by atoms with E-state index in [1.54, 1.807) is 6.20 Å². The lowest BCUT2D eigenvalue weighted by Gasteiger charge is -2.32. The van der Waals surface area contributed by atoms with Gasteiger partial charge in [-0.2, -0.15) is 0 Å². The van der Waals surface area contributed by atoms with E-state index in [1.165, 1.54) is 5.39 Å². The molecule has 1 saturated heterocycles. The van der Waals surface area contributed by atoms with Crippen LogP contribution in [0.15, 0.2) is 143 Å². The first kappa shape index (κ1) is 39.7. The van der Waals surface area contributed by atoms with Crippen LogP contribution in [0.4, 0.5) is 0 Å². The fourth-order valence-corrected chi connectivity index (χ4v) is 7.55. The molecular weight excluding hydrogens is 755 g/mol. The fraction of sp³-hybridized carbons (Fsp3) is 0.184. The second kappa shape index (κ2) is 15.6. The average Bonchev–Trinajstić information content (AvgIpc) is 3.85. The molecule has 4 aromatic carbocycles. The Morgan fingerprint density at radius 2 is 1.02 bits per heavy atom. The van der Waals surface area contributed by atoms with Crippen molar-refractivity contribution in [2.45, 2.75) is 60.2 Å². The minimum absolute atomic E-state index is 0. The Balaban J connectivity index is 0.000000130. The molecule has 294 valence electrons. The lowest BCUT2D eigenvalue weighted by Crippen LogP contribution is -2.41. The van der Waals surface area contributed by atoms with Crippen LogP contribution in [0.3, 0.4) is 0 Å². The predicted molar refractivity (Wildman–Crippen MR) is 242 cm³/mol. The summed E-state index contributed by atoms with van der Waals surface area (Å²) in [5.41, 5.74) is 6.96. The molecule has 0 saturated carbocycles. The Labute approximate surface area is 348 Å². The number of benzene rings is 4. The van der Waals surface area contributed by atoms with Crippen molar-refractivity contribution in [3.8, 4) is 11.3 Å². The van der Waals surface area contributed by atoms with Crippen molar-refractivity contribution in [2.75, 3.05) is 0 Å². The smallest absolute Gasteiger partial charge is 0.438 e. The van der Waals surface area contributed by atoms with Gasteiger partial charge < -0.3 is 18.1 Å². The SMILES string of the molecule is C.Cc1ccc2c(n1)oc1c(-c3nccc4ccccc34)cccc12.Cc1ccc2c(n1)oc1c(B3OC(C)(C)C(C)(C)O3)cccc12.Clc1nccc2ccccc12. The molecule has 6 aromatic heterocycles. The van der Waals surface area contributed by atoms with Crippen LogP contribution in [0.2, 0.25) is 5.15 Å². The molecule has 1 fully saturated rings. The number of aryl methyl sites for hydroxylation is 2. The Kier molecular flexibility index (Phi) is 10.5. The summed E-state index contributed by atoms with van der Waals surface area (Å²) in [5, 5.41) is 9.18. The number of pyridine rings is 4. The lowest BCUT2D eigenvalue weighted by atomic mass is 9.78. The van der Waals surface area contributed by atoms with E-state index in [0.29, 0.717) is 16.6 Å². The number of rotatable bonds is 2. The van der Waals surface area contributed by atoms with Crippen molar-refractivity contribution in [3.05, 3.63) is 150 Å². The Bertz CT molecular complexity index is 3130. The molecular formula is C49H44BClN4O4. The van der Waals surface area contributed by atoms with Gasteiger partial charge in [-0.25, -0.2) is 15.0 Å². The molecule has 0 bridgehead atoms. The third kappa shape index (κ3) is 7.31. The molecule has 1 aliphatic heterocycles. The molecule has 0 unspecified atom stereocenters. The van der Waals surface area contributed by atoms with Gasteiger partial charge >= 0.3 is 7.12 Å². The van der Waals surface area contributed by atoms with Crippen molar-refractivity contribution >= 4 is 89.9 Å². The summed E-state index contributed by atoms with van der Waals surface area (Å²) >= 11 is 5.85. The van der Waals surface area contributed by atoms with Crippen molar-refractivity contribution in [3.63, 3.8) is 0 Å². The zero-order valence-electron chi connectivity index (χ0n) is 33.1. The predicted octanol–water partition coefficient (Wildman–Crippen LogP) is 12.6. The number of fused-ring (bicyclic) bond motifs is 8. The Hall–Kier alpha value is -6.13. The highest BCUT2D eigenvalue weighted by Gasteiger charge is 2.52. The maximum Gasteiger partial charge on any atom is 0.498 e. The van der Waals surface area contributed by atoms with Crippen molar-refractivity contribution in [1.29, 1.82) is 0 Å². The van der Waals surface area contributed by atoms with Gasteiger partial charge in [0.05, 0.1) is 16.9 Å². The van der Waals surface area contributed by atoms with Crippen LogP contribution in [-0.2, 0) is 9.31 Å². The molecule has 10 heteroatoms. The highest BCUT2D eigenvalue weighted by molar-refractivity contribution is 6.65. The minimum atomic E-state index is -0.439. The van der Waals surface area contributed by atoms with E-state index in [-0.39, 0.29) is 18.6 Å². The minimum Gasteiger partial charge on any atom is -0.438 e. The quantitative estimate of drug-likeness (QED) is 0.126. The van der Waals surface area contributed by atoms with Crippen LogP contribution in [0.25, 0.3) is 76.9 Å². The Morgan fingerprint density at radius 1 is 0.508 bits per heavy atom. The molecule has 0 aliphatic carbocycles. The molecule has 7 heterocycles. The Morgan fingerprint density at radius 3 is 1.64 bits per heavy atom. The number of halogens is 1. The van der Waals surface area contributed by atoms with Gasteiger partial charge in [-0.15, -0.1) is 0 Å². The first-order chi connectivity index (χ1) is 28.0. The molecule has 0 N–H and O–H groups in total. The maximum atomic E-state index is 6.18. The first-order valence-corrected chi connectivity index (χ1v) is 19.6. The van der Waals surface area contributed by atoms with E-state index in [4.69, 9.17) is 29.7 Å². The van der Waals surface area contributed by atoms with E-state index >= 15 is 0 Å². The molecule has 11 rings (SSSR count). The van der Waals surface area contributed by atoms with Gasteiger partial charge in [-0.3, -0.25) is 4.98 Å². The molecule has 0 radical (unpaired) electrons. The second-order valence-corrected chi connectivity index (χ2v) is 15.9. The summed E-state index contributed by atoms with van der Waals surface area (Å²) in [6, 6.07) is 40.6. The summed E-state index contributed by atoms with van der Waals surface area (Å²) in [4.78, 5) is 17.6. The van der Waals surface area contributed by atoms with Crippen molar-refractivity contribution in [1.82, 2.24) is 19.9 Å². The van der Waals surface area contributed by atoms with Crippen LogP contribution in [0.1, 0.15) is 46.5 Å². The zero-order valence-corrected chi connectivity index (χ0v) is 33.8. The number of aromatic nitrogens is 4. The van der Waals surface area contributed by atoms with E-state index < -0.39 is 7.12 Å². The largest absolute Gasteiger partial charge is 0.498 e. The number of nitrogens with zero attached hydrogens (tertiary/aromatic N) is 4. The van der Waals surface area contributed by atoms with Crippen LogP contribution < -0.4 is 5.46 Å². The summed E-state index contributed by atoms with van der Waals surface area (Å²) in [6.07, 6.45) is 3.56. The normalized spacial score (nSPS) is 14.3. The van der Waals surface area contributed by atoms with Crippen LogP contribution >= 0.6 is 11.6 Å². The highest BCUT2D eigenvalue weighted by atomic mass is 35.5. The van der Waals surface area contributed by atoms with Crippen LogP contribution in [0.5, 0.6) is 0 Å². The first-order valence-electron chi connectivity index (χ1n) is 19.2. The number of hydrogen-bond acceptors (Lipinski definition) is 8. The molecule has 0 amide bonds. The van der Waals surface area contributed by atoms with Gasteiger partial charge in [-0.1, -0.05) is 97.9 Å². The molecule has 1 aliphatic rings. The third-order valence-electron chi connectivity index (χ3n) is 11.1. The van der Waals surface area contributed by atoms with Crippen LogP contribution in [0, 0.1) is 13.8 Å². The van der Waals surface area contributed by atoms with E-state index in [9.17, 15) is 0 Å². The lowest BCUT2D eigenvalue weighted by molar-refractivity contribution is 0.00578. The third-order valence-corrected chi connectivity index (χ3v) is 11.4. The summed E-state index contributed by atoms with van der Waals surface area (Å²) < 4.78 is 24.5. The summed E-state index contributed by atoms with van der Waals surface area (Å²) in [6.45, 7) is 12.1. The van der Waals surface area contributed by atoms with Crippen molar-refractivity contribution in [2.24, 2.45) is 0 Å². The van der Waals surface area contributed by atoms with Gasteiger partial charge in [0.25, 0.3) is 0 Å². The zero-order chi connectivity index (χ0) is 40.2. The topological polar surface area (TPSA) is 96.3 Å². The van der Waals surface area contributed by atoms with E-state index in [0.717, 1.165) is 77.0 Å². The fourth-order valence-electron chi connectivity index (χ4n) is 7.32.